The van der Waals surface area contributed by atoms with Crippen molar-refractivity contribution in [1.82, 2.24) is 20.2 Å². The van der Waals surface area contributed by atoms with E-state index in [4.69, 9.17) is 4.74 Å². The van der Waals surface area contributed by atoms with Crippen LogP contribution in [0.25, 0.3) is 11.3 Å². The quantitative estimate of drug-likeness (QED) is 0.420. The van der Waals surface area contributed by atoms with Crippen LogP contribution in [0, 0.1) is 6.92 Å². The second-order valence-electron chi connectivity index (χ2n) is 7.85. The average Bonchev–Trinajstić information content (AvgIpc) is 2.82. The molecule has 4 rings (SSSR count). The van der Waals surface area contributed by atoms with Crippen molar-refractivity contribution in [3.8, 4) is 11.3 Å². The molecule has 0 saturated carbocycles. The molecule has 7 heteroatoms. The molecule has 2 heterocycles. The predicted molar refractivity (Wildman–Crippen MR) is 127 cm³/mol. The topological polar surface area (TPSA) is 67.4 Å². The van der Waals surface area contributed by atoms with E-state index in [1.165, 1.54) is 17.3 Å². The fraction of sp³-hybridized carbons (Fsp3) is 0.320. The third kappa shape index (κ3) is 6.63. The summed E-state index contributed by atoms with van der Waals surface area (Å²) in [4.78, 5) is 23.9. The highest BCUT2D eigenvalue weighted by molar-refractivity contribution is 7.99. The van der Waals surface area contributed by atoms with Gasteiger partial charge in [0.2, 0.25) is 5.91 Å². The average molecular weight is 449 g/mol. The summed E-state index contributed by atoms with van der Waals surface area (Å²) in [5, 5.41) is 3.61. The minimum absolute atomic E-state index is 0.00122. The third-order valence-electron chi connectivity index (χ3n) is 5.23. The number of aryl methyl sites for hydroxylation is 1. The number of thioether (sulfide) groups is 1. The lowest BCUT2D eigenvalue weighted by molar-refractivity contribution is -0.119. The first-order valence-corrected chi connectivity index (χ1v) is 11.8. The number of nitrogens with one attached hydrogen (secondary N) is 1. The summed E-state index contributed by atoms with van der Waals surface area (Å²) in [6.07, 6.45) is 0.00122. The number of carbonyl (C=O) groups is 1. The number of ether oxygens (including phenoxy) is 1. The van der Waals surface area contributed by atoms with Gasteiger partial charge < -0.3 is 10.1 Å². The standard InChI is InChI=1S/C25H28N4O2S/c1-19-14-23(21-10-6-3-7-11-21)28-25(27-19)32-18-24(30)26-15-22-17-29(12-13-31-22)16-20-8-4-2-5-9-20/h2-11,14,22H,12-13,15-18H2,1H3,(H,26,30). The van der Waals surface area contributed by atoms with Crippen molar-refractivity contribution in [1.29, 1.82) is 0 Å². The van der Waals surface area contributed by atoms with Crippen LogP contribution in [0.5, 0.6) is 0 Å². The molecule has 1 aliphatic rings. The summed E-state index contributed by atoms with van der Waals surface area (Å²) < 4.78 is 5.85. The van der Waals surface area contributed by atoms with Crippen molar-refractivity contribution in [3.05, 3.63) is 78.0 Å². The van der Waals surface area contributed by atoms with Crippen molar-refractivity contribution in [2.75, 3.05) is 32.0 Å². The molecule has 6 nitrogen and oxygen atoms in total. The van der Waals surface area contributed by atoms with Gasteiger partial charge >= 0.3 is 0 Å². The Morgan fingerprint density at radius 3 is 2.66 bits per heavy atom. The van der Waals surface area contributed by atoms with E-state index in [2.05, 4.69) is 44.5 Å². The number of aromatic nitrogens is 2. The van der Waals surface area contributed by atoms with Crippen LogP contribution in [0.4, 0.5) is 0 Å². The Bertz CT molecular complexity index is 1020. The van der Waals surface area contributed by atoms with Crippen molar-refractivity contribution in [3.63, 3.8) is 0 Å². The van der Waals surface area contributed by atoms with Crippen LogP contribution in [-0.4, -0.2) is 58.9 Å². The molecule has 1 fully saturated rings. The van der Waals surface area contributed by atoms with Gasteiger partial charge in [0.05, 0.1) is 24.2 Å². The largest absolute Gasteiger partial charge is 0.374 e. The molecule has 166 valence electrons. The van der Waals surface area contributed by atoms with Crippen molar-refractivity contribution in [2.24, 2.45) is 0 Å². The Hall–Kier alpha value is -2.74. The number of morpholine rings is 1. The summed E-state index contributed by atoms with van der Waals surface area (Å²) in [5.74, 6) is 0.239. The van der Waals surface area contributed by atoms with Gasteiger partial charge in [0.25, 0.3) is 0 Å². The highest BCUT2D eigenvalue weighted by atomic mass is 32.2. The predicted octanol–water partition coefficient (Wildman–Crippen LogP) is 3.56. The molecule has 3 aromatic rings. The van der Waals surface area contributed by atoms with Gasteiger partial charge in [0, 0.05) is 37.4 Å². The highest BCUT2D eigenvalue weighted by Gasteiger charge is 2.21. The van der Waals surface area contributed by atoms with E-state index in [0.29, 0.717) is 18.3 Å². The maximum absolute atomic E-state index is 12.4. The summed E-state index contributed by atoms with van der Waals surface area (Å²) in [6, 6.07) is 22.4. The van der Waals surface area contributed by atoms with Gasteiger partial charge in [-0.25, -0.2) is 9.97 Å². The van der Waals surface area contributed by atoms with E-state index in [-0.39, 0.29) is 17.8 Å². The van der Waals surface area contributed by atoms with Crippen molar-refractivity contribution < 1.29 is 9.53 Å². The van der Waals surface area contributed by atoms with Crippen LogP contribution in [0.15, 0.2) is 71.9 Å². The molecule has 1 unspecified atom stereocenters. The molecule has 1 atom stereocenters. The molecule has 0 spiro atoms. The Balaban J connectivity index is 1.24. The molecule has 1 amide bonds. The highest BCUT2D eigenvalue weighted by Crippen LogP contribution is 2.21. The summed E-state index contributed by atoms with van der Waals surface area (Å²) in [7, 11) is 0. The lowest BCUT2D eigenvalue weighted by Crippen LogP contribution is -2.47. The zero-order chi connectivity index (χ0) is 22.2. The summed E-state index contributed by atoms with van der Waals surface area (Å²) >= 11 is 1.35. The van der Waals surface area contributed by atoms with E-state index in [0.717, 1.165) is 36.6 Å². The van der Waals surface area contributed by atoms with Gasteiger partial charge in [-0.15, -0.1) is 0 Å². The van der Waals surface area contributed by atoms with Crippen LogP contribution in [0.2, 0.25) is 0 Å². The first-order chi connectivity index (χ1) is 15.7. The molecular weight excluding hydrogens is 420 g/mol. The number of amides is 1. The third-order valence-corrected chi connectivity index (χ3v) is 6.08. The molecule has 0 aliphatic carbocycles. The zero-order valence-corrected chi connectivity index (χ0v) is 19.1. The molecule has 32 heavy (non-hydrogen) atoms. The molecule has 2 aromatic carbocycles. The maximum Gasteiger partial charge on any atom is 0.230 e. The Morgan fingerprint density at radius 1 is 1.12 bits per heavy atom. The Labute approximate surface area is 193 Å². The normalized spacial score (nSPS) is 16.6. The molecule has 0 radical (unpaired) electrons. The van der Waals surface area contributed by atoms with Gasteiger partial charge in [0.15, 0.2) is 5.16 Å². The number of hydrogen-bond acceptors (Lipinski definition) is 6. The van der Waals surface area contributed by atoms with Crippen LogP contribution in [-0.2, 0) is 16.1 Å². The number of nitrogens with zero attached hydrogens (tertiary/aromatic N) is 3. The summed E-state index contributed by atoms with van der Waals surface area (Å²) in [6.45, 7) is 5.75. The van der Waals surface area contributed by atoms with Crippen LogP contribution in [0.3, 0.4) is 0 Å². The molecular formula is C25H28N4O2S. The van der Waals surface area contributed by atoms with E-state index in [1.54, 1.807) is 0 Å². The SMILES string of the molecule is Cc1cc(-c2ccccc2)nc(SCC(=O)NCC2CN(Cc3ccccc3)CCO2)n1. The Kier molecular flexibility index (Phi) is 7.87. The zero-order valence-electron chi connectivity index (χ0n) is 18.2. The van der Waals surface area contributed by atoms with Gasteiger partial charge in [-0.3, -0.25) is 9.69 Å². The number of hydrogen-bond donors (Lipinski definition) is 1. The molecule has 0 bridgehead atoms. The fourth-order valence-electron chi connectivity index (χ4n) is 3.66. The van der Waals surface area contributed by atoms with E-state index >= 15 is 0 Å². The molecule has 1 aliphatic heterocycles. The van der Waals surface area contributed by atoms with Gasteiger partial charge in [-0.05, 0) is 18.6 Å². The van der Waals surface area contributed by atoms with Crippen molar-refractivity contribution >= 4 is 17.7 Å². The minimum Gasteiger partial charge on any atom is -0.374 e. The monoisotopic (exact) mass is 448 g/mol. The lowest BCUT2D eigenvalue weighted by Gasteiger charge is -2.33. The molecule has 1 saturated heterocycles. The second-order valence-corrected chi connectivity index (χ2v) is 8.79. The van der Waals surface area contributed by atoms with Gasteiger partial charge in [-0.2, -0.15) is 0 Å². The van der Waals surface area contributed by atoms with E-state index < -0.39 is 0 Å². The molecule has 1 N–H and O–H groups in total. The van der Waals surface area contributed by atoms with Crippen LogP contribution in [0.1, 0.15) is 11.3 Å². The van der Waals surface area contributed by atoms with Gasteiger partial charge in [-0.1, -0.05) is 72.4 Å². The second kappa shape index (κ2) is 11.2. The van der Waals surface area contributed by atoms with Crippen LogP contribution < -0.4 is 5.32 Å². The minimum atomic E-state index is -0.0369. The van der Waals surface area contributed by atoms with E-state index in [1.807, 2.05) is 49.4 Å². The summed E-state index contributed by atoms with van der Waals surface area (Å²) in [5.41, 5.74) is 4.09. The smallest absolute Gasteiger partial charge is 0.230 e. The lowest BCUT2D eigenvalue weighted by atomic mass is 10.1. The number of carbonyl (C=O) groups excluding carboxylic acids is 1. The Morgan fingerprint density at radius 2 is 1.88 bits per heavy atom. The van der Waals surface area contributed by atoms with Crippen molar-refractivity contribution in [2.45, 2.75) is 24.7 Å². The first kappa shape index (κ1) is 22.5. The first-order valence-electron chi connectivity index (χ1n) is 10.8. The number of benzene rings is 2. The molecule has 1 aromatic heterocycles. The van der Waals surface area contributed by atoms with Gasteiger partial charge in [0.1, 0.15) is 0 Å². The van der Waals surface area contributed by atoms with Crippen LogP contribution >= 0.6 is 11.8 Å². The van der Waals surface area contributed by atoms with E-state index in [9.17, 15) is 4.79 Å². The fourth-order valence-corrected chi connectivity index (χ4v) is 4.39. The maximum atomic E-state index is 12.4. The number of rotatable bonds is 8.